The van der Waals surface area contributed by atoms with E-state index < -0.39 is 5.60 Å². The Labute approximate surface area is 111 Å². The van der Waals surface area contributed by atoms with E-state index in [1.807, 2.05) is 36.4 Å². The Hall–Kier alpha value is -2.00. The molecule has 1 atom stereocenters. The van der Waals surface area contributed by atoms with Gasteiger partial charge in [-0.2, -0.15) is 0 Å². The quantitative estimate of drug-likeness (QED) is 0.850. The third kappa shape index (κ3) is 1.48. The minimum atomic E-state index is -0.905. The summed E-state index contributed by atoms with van der Waals surface area (Å²) in [7, 11) is 0. The lowest BCUT2D eigenvalue weighted by molar-refractivity contribution is 0.0826. The topological polar surface area (TPSA) is 38.7 Å². The lowest BCUT2D eigenvalue weighted by Gasteiger charge is -2.24. The van der Waals surface area contributed by atoms with Gasteiger partial charge in [0, 0.05) is 0 Å². The molecule has 4 rings (SSSR count). The average Bonchev–Trinajstić information content (AvgIpc) is 3.04. The Morgan fingerprint density at radius 1 is 1.00 bits per heavy atom. The Morgan fingerprint density at radius 2 is 1.84 bits per heavy atom. The van der Waals surface area contributed by atoms with Crippen molar-refractivity contribution in [2.75, 3.05) is 6.79 Å². The highest BCUT2D eigenvalue weighted by molar-refractivity contribution is 5.51. The van der Waals surface area contributed by atoms with E-state index in [4.69, 9.17) is 9.47 Å². The summed E-state index contributed by atoms with van der Waals surface area (Å²) in [4.78, 5) is 0. The molecule has 1 N–H and O–H groups in total. The van der Waals surface area contributed by atoms with E-state index in [2.05, 4.69) is 6.07 Å². The van der Waals surface area contributed by atoms with Crippen molar-refractivity contribution >= 4 is 0 Å². The van der Waals surface area contributed by atoms with Crippen LogP contribution in [0, 0.1) is 0 Å². The van der Waals surface area contributed by atoms with Crippen LogP contribution in [0.5, 0.6) is 11.5 Å². The second kappa shape index (κ2) is 3.75. The van der Waals surface area contributed by atoms with Crippen molar-refractivity contribution in [1.82, 2.24) is 0 Å². The maximum atomic E-state index is 11.0. The molecule has 0 saturated heterocycles. The molecule has 2 aromatic rings. The second-order valence-electron chi connectivity index (χ2n) is 5.09. The molecular weight excluding hydrogens is 240 g/mol. The minimum absolute atomic E-state index is 0.258. The zero-order valence-corrected chi connectivity index (χ0v) is 10.4. The van der Waals surface area contributed by atoms with Crippen molar-refractivity contribution in [2.24, 2.45) is 0 Å². The first kappa shape index (κ1) is 10.9. The fraction of sp³-hybridized carbons (Fsp3) is 0.250. The minimum Gasteiger partial charge on any atom is -0.454 e. The van der Waals surface area contributed by atoms with Crippen LogP contribution in [-0.4, -0.2) is 11.9 Å². The molecule has 0 saturated carbocycles. The summed E-state index contributed by atoms with van der Waals surface area (Å²) in [5.41, 5.74) is 2.20. The highest BCUT2D eigenvalue weighted by Gasteiger charge is 2.38. The van der Waals surface area contributed by atoms with E-state index in [-0.39, 0.29) is 6.79 Å². The molecule has 0 aromatic heterocycles. The average molecular weight is 254 g/mol. The van der Waals surface area contributed by atoms with Crippen molar-refractivity contribution in [3.8, 4) is 11.5 Å². The van der Waals surface area contributed by atoms with Gasteiger partial charge in [-0.1, -0.05) is 30.3 Å². The predicted molar refractivity (Wildman–Crippen MR) is 70.3 cm³/mol. The molecule has 0 spiro atoms. The summed E-state index contributed by atoms with van der Waals surface area (Å²) in [6.45, 7) is 0.258. The van der Waals surface area contributed by atoms with Gasteiger partial charge in [-0.25, -0.2) is 0 Å². The van der Waals surface area contributed by atoms with E-state index in [0.717, 1.165) is 29.0 Å². The van der Waals surface area contributed by atoms with E-state index >= 15 is 0 Å². The first-order valence-electron chi connectivity index (χ1n) is 6.48. The number of fused-ring (bicyclic) bond motifs is 2. The molecule has 1 unspecified atom stereocenters. The van der Waals surface area contributed by atoms with Crippen LogP contribution < -0.4 is 9.47 Å². The first-order chi connectivity index (χ1) is 9.27. The highest BCUT2D eigenvalue weighted by atomic mass is 16.7. The van der Waals surface area contributed by atoms with Gasteiger partial charge in [0.2, 0.25) is 6.79 Å². The zero-order valence-electron chi connectivity index (χ0n) is 10.4. The first-order valence-corrected chi connectivity index (χ1v) is 6.48. The van der Waals surface area contributed by atoms with Gasteiger partial charge in [-0.3, -0.25) is 0 Å². The van der Waals surface area contributed by atoms with Crippen LogP contribution in [0.2, 0.25) is 0 Å². The Balaban J connectivity index is 1.84. The van der Waals surface area contributed by atoms with Gasteiger partial charge in [0.1, 0.15) is 5.60 Å². The highest BCUT2D eigenvalue weighted by Crippen LogP contribution is 2.44. The predicted octanol–water partition coefficient (Wildman–Crippen LogP) is 2.60. The fourth-order valence-electron chi connectivity index (χ4n) is 3.05. The van der Waals surface area contributed by atoms with Crippen LogP contribution in [0.4, 0.5) is 0 Å². The fourth-order valence-corrected chi connectivity index (χ4v) is 3.05. The SMILES string of the molecule is OC1(c2ccc3c(c2)OCO3)CCc2ccccc21. The summed E-state index contributed by atoms with van der Waals surface area (Å²) in [5, 5.41) is 11.0. The molecular formula is C16H14O3. The number of hydrogen-bond acceptors (Lipinski definition) is 3. The van der Waals surface area contributed by atoms with Gasteiger partial charge in [-0.05, 0) is 41.7 Å². The van der Waals surface area contributed by atoms with Gasteiger partial charge in [0.15, 0.2) is 11.5 Å². The lowest BCUT2D eigenvalue weighted by atomic mass is 9.88. The van der Waals surface area contributed by atoms with Crippen LogP contribution in [-0.2, 0) is 12.0 Å². The van der Waals surface area contributed by atoms with Gasteiger partial charge in [0.25, 0.3) is 0 Å². The molecule has 0 amide bonds. The van der Waals surface area contributed by atoms with Gasteiger partial charge in [-0.15, -0.1) is 0 Å². The largest absolute Gasteiger partial charge is 0.454 e. The third-order valence-corrected chi connectivity index (χ3v) is 4.07. The van der Waals surface area contributed by atoms with E-state index in [9.17, 15) is 5.11 Å². The molecule has 2 aliphatic rings. The molecule has 0 bridgehead atoms. The van der Waals surface area contributed by atoms with E-state index in [0.29, 0.717) is 6.42 Å². The van der Waals surface area contributed by atoms with Crippen molar-refractivity contribution in [3.05, 3.63) is 59.2 Å². The lowest BCUT2D eigenvalue weighted by Crippen LogP contribution is -2.23. The van der Waals surface area contributed by atoms with Crippen molar-refractivity contribution < 1.29 is 14.6 Å². The molecule has 96 valence electrons. The molecule has 1 heterocycles. The Kier molecular flexibility index (Phi) is 2.15. The molecule has 1 aliphatic carbocycles. The van der Waals surface area contributed by atoms with Gasteiger partial charge in [0.05, 0.1) is 0 Å². The summed E-state index contributed by atoms with van der Waals surface area (Å²) >= 11 is 0. The molecule has 19 heavy (non-hydrogen) atoms. The van der Waals surface area contributed by atoms with Crippen LogP contribution >= 0.6 is 0 Å². The number of rotatable bonds is 1. The monoisotopic (exact) mass is 254 g/mol. The Bertz CT molecular complexity index is 650. The van der Waals surface area contributed by atoms with Crippen LogP contribution in [0.1, 0.15) is 23.1 Å². The summed E-state index contributed by atoms with van der Waals surface area (Å²) in [6, 6.07) is 13.8. The maximum absolute atomic E-state index is 11.0. The van der Waals surface area contributed by atoms with Crippen molar-refractivity contribution in [1.29, 1.82) is 0 Å². The van der Waals surface area contributed by atoms with Crippen molar-refractivity contribution in [3.63, 3.8) is 0 Å². The van der Waals surface area contributed by atoms with Crippen LogP contribution in [0.3, 0.4) is 0 Å². The molecule has 3 nitrogen and oxygen atoms in total. The molecule has 1 aliphatic heterocycles. The molecule has 0 fully saturated rings. The number of aryl methyl sites for hydroxylation is 1. The van der Waals surface area contributed by atoms with Crippen molar-refractivity contribution in [2.45, 2.75) is 18.4 Å². The summed E-state index contributed by atoms with van der Waals surface area (Å²) in [6.07, 6.45) is 1.62. The number of hydrogen-bond donors (Lipinski definition) is 1. The second-order valence-corrected chi connectivity index (χ2v) is 5.09. The van der Waals surface area contributed by atoms with E-state index in [1.165, 1.54) is 5.56 Å². The summed E-state index contributed by atoms with van der Waals surface area (Å²) in [5.74, 6) is 1.47. The van der Waals surface area contributed by atoms with Gasteiger partial charge >= 0.3 is 0 Å². The Morgan fingerprint density at radius 3 is 2.79 bits per heavy atom. The zero-order chi connectivity index (χ0) is 12.9. The van der Waals surface area contributed by atoms with Gasteiger partial charge < -0.3 is 14.6 Å². The maximum Gasteiger partial charge on any atom is 0.231 e. The third-order valence-electron chi connectivity index (χ3n) is 4.07. The van der Waals surface area contributed by atoms with Crippen LogP contribution in [0.15, 0.2) is 42.5 Å². The number of benzene rings is 2. The number of ether oxygens (including phenoxy) is 2. The van der Waals surface area contributed by atoms with Crippen LogP contribution in [0.25, 0.3) is 0 Å². The van der Waals surface area contributed by atoms with E-state index in [1.54, 1.807) is 0 Å². The molecule has 0 radical (unpaired) electrons. The molecule has 3 heteroatoms. The smallest absolute Gasteiger partial charge is 0.231 e. The normalized spacial score (nSPS) is 23.4. The summed E-state index contributed by atoms with van der Waals surface area (Å²) < 4.78 is 10.7. The molecule has 2 aromatic carbocycles. The number of aliphatic hydroxyl groups is 1. The standard InChI is InChI=1S/C16H14O3/c17-16(8-7-11-3-1-2-4-13(11)16)12-5-6-14-15(9-12)19-10-18-14/h1-6,9,17H,7-8,10H2.